The Morgan fingerprint density at radius 2 is 2.33 bits per heavy atom. The molecule has 1 aliphatic heterocycles. The Hall–Kier alpha value is -1.81. The van der Waals surface area contributed by atoms with Crippen molar-refractivity contribution in [3.8, 4) is 16.9 Å². The predicted octanol–water partition coefficient (Wildman–Crippen LogP) is 1.52. The Balaban J connectivity index is 2.03. The number of nitrogens with zero attached hydrogens (tertiary/aromatic N) is 2. The van der Waals surface area contributed by atoms with Crippen LogP contribution in [0.1, 0.15) is 11.3 Å². The van der Waals surface area contributed by atoms with Crippen molar-refractivity contribution in [2.45, 2.75) is 12.8 Å². The van der Waals surface area contributed by atoms with Crippen molar-refractivity contribution in [3.05, 3.63) is 35.7 Å². The van der Waals surface area contributed by atoms with Gasteiger partial charge in [-0.15, -0.1) is 0 Å². The van der Waals surface area contributed by atoms with Crippen molar-refractivity contribution in [2.24, 2.45) is 12.8 Å². The summed E-state index contributed by atoms with van der Waals surface area (Å²) in [7, 11) is 1.94. The van der Waals surface area contributed by atoms with Gasteiger partial charge in [0.2, 0.25) is 0 Å². The third kappa shape index (κ3) is 1.88. The Kier molecular flexibility index (Phi) is 2.80. The summed E-state index contributed by atoms with van der Waals surface area (Å²) in [5, 5.41) is 4.48. The Morgan fingerprint density at radius 3 is 3.17 bits per heavy atom. The van der Waals surface area contributed by atoms with Crippen LogP contribution in [0, 0.1) is 0 Å². The molecule has 4 heteroatoms. The highest BCUT2D eigenvalue weighted by Gasteiger charge is 2.15. The first-order valence-corrected chi connectivity index (χ1v) is 6.26. The van der Waals surface area contributed by atoms with Gasteiger partial charge >= 0.3 is 0 Å². The van der Waals surface area contributed by atoms with Crippen LogP contribution in [0.5, 0.6) is 5.75 Å². The molecule has 1 aromatic carbocycles. The zero-order valence-electron chi connectivity index (χ0n) is 10.5. The highest BCUT2D eigenvalue weighted by atomic mass is 16.5. The number of aryl methyl sites for hydroxylation is 1. The van der Waals surface area contributed by atoms with Crippen LogP contribution in [0.3, 0.4) is 0 Å². The summed E-state index contributed by atoms with van der Waals surface area (Å²) in [5.41, 5.74) is 10.4. The van der Waals surface area contributed by atoms with Gasteiger partial charge in [0.05, 0.1) is 12.3 Å². The molecule has 18 heavy (non-hydrogen) atoms. The maximum Gasteiger partial charge on any atom is 0.122 e. The monoisotopic (exact) mass is 243 g/mol. The van der Waals surface area contributed by atoms with Crippen LogP contribution in [0.2, 0.25) is 0 Å². The second-order valence-corrected chi connectivity index (χ2v) is 4.62. The molecule has 1 aliphatic rings. The molecule has 0 unspecified atom stereocenters. The summed E-state index contributed by atoms with van der Waals surface area (Å²) in [4.78, 5) is 0. The van der Waals surface area contributed by atoms with Gasteiger partial charge in [-0.25, -0.2) is 0 Å². The molecule has 2 aromatic rings. The lowest BCUT2D eigenvalue weighted by Crippen LogP contribution is -2.04. The molecule has 1 aromatic heterocycles. The third-order valence-corrected chi connectivity index (χ3v) is 3.29. The lowest BCUT2D eigenvalue weighted by Gasteiger charge is -2.04. The second-order valence-electron chi connectivity index (χ2n) is 4.62. The first-order valence-electron chi connectivity index (χ1n) is 6.26. The minimum atomic E-state index is 0.623. The Labute approximate surface area is 106 Å². The number of hydrogen-bond donors (Lipinski definition) is 1. The Bertz CT molecular complexity index is 574. The van der Waals surface area contributed by atoms with E-state index in [4.69, 9.17) is 10.5 Å². The van der Waals surface area contributed by atoms with Crippen LogP contribution < -0.4 is 10.5 Å². The van der Waals surface area contributed by atoms with Crippen molar-refractivity contribution in [1.29, 1.82) is 0 Å². The van der Waals surface area contributed by atoms with Crippen LogP contribution >= 0.6 is 0 Å². The van der Waals surface area contributed by atoms with Crippen LogP contribution in [0.4, 0.5) is 0 Å². The fraction of sp³-hybridized carbons (Fsp3) is 0.357. The molecule has 0 fully saturated rings. The molecule has 0 spiro atoms. The quantitative estimate of drug-likeness (QED) is 0.889. The van der Waals surface area contributed by atoms with Crippen molar-refractivity contribution < 1.29 is 4.74 Å². The molecule has 2 heterocycles. The number of rotatable bonds is 3. The van der Waals surface area contributed by atoms with Crippen LogP contribution in [0.15, 0.2) is 24.4 Å². The molecule has 0 amide bonds. The Morgan fingerprint density at radius 1 is 1.44 bits per heavy atom. The highest BCUT2D eigenvalue weighted by molar-refractivity contribution is 5.67. The number of hydrogen-bond acceptors (Lipinski definition) is 3. The fourth-order valence-electron chi connectivity index (χ4n) is 2.45. The van der Waals surface area contributed by atoms with Crippen molar-refractivity contribution >= 4 is 0 Å². The van der Waals surface area contributed by atoms with E-state index < -0.39 is 0 Å². The van der Waals surface area contributed by atoms with Crippen LogP contribution in [-0.2, 0) is 19.9 Å². The number of aromatic nitrogens is 2. The maximum atomic E-state index is 5.64. The minimum Gasteiger partial charge on any atom is -0.493 e. The average molecular weight is 243 g/mol. The topological polar surface area (TPSA) is 53.1 Å². The van der Waals surface area contributed by atoms with E-state index in [-0.39, 0.29) is 0 Å². The van der Waals surface area contributed by atoms with Gasteiger partial charge < -0.3 is 10.5 Å². The number of benzene rings is 1. The molecule has 0 bridgehead atoms. The molecule has 94 valence electrons. The molecule has 0 saturated heterocycles. The number of fused-ring (bicyclic) bond motifs is 1. The van der Waals surface area contributed by atoms with Gasteiger partial charge in [-0.3, -0.25) is 4.68 Å². The van der Waals surface area contributed by atoms with E-state index >= 15 is 0 Å². The maximum absolute atomic E-state index is 5.64. The first kappa shape index (κ1) is 11.3. The molecule has 0 aliphatic carbocycles. The molecular weight excluding hydrogens is 226 g/mol. The summed E-state index contributed by atoms with van der Waals surface area (Å²) >= 11 is 0. The molecule has 0 radical (unpaired) electrons. The predicted molar refractivity (Wildman–Crippen MR) is 70.6 cm³/mol. The molecule has 0 saturated carbocycles. The van der Waals surface area contributed by atoms with Gasteiger partial charge in [-0.2, -0.15) is 5.10 Å². The smallest absolute Gasteiger partial charge is 0.122 e. The van der Waals surface area contributed by atoms with Gasteiger partial charge in [-0.1, -0.05) is 6.07 Å². The summed E-state index contributed by atoms with van der Waals surface area (Å²) in [6, 6.07) is 6.36. The molecular formula is C14H17N3O. The summed E-state index contributed by atoms with van der Waals surface area (Å²) in [6.45, 7) is 1.42. The summed E-state index contributed by atoms with van der Waals surface area (Å²) in [6.07, 6.45) is 3.86. The zero-order valence-corrected chi connectivity index (χ0v) is 10.5. The average Bonchev–Trinajstić information content (AvgIpc) is 2.95. The molecule has 0 atom stereocenters. The lowest BCUT2D eigenvalue weighted by molar-refractivity contribution is 0.357. The van der Waals surface area contributed by atoms with E-state index in [1.807, 2.05) is 11.7 Å². The molecule has 4 nitrogen and oxygen atoms in total. The van der Waals surface area contributed by atoms with Gasteiger partial charge in [0.1, 0.15) is 5.75 Å². The van der Waals surface area contributed by atoms with Crippen LogP contribution in [-0.4, -0.2) is 22.9 Å². The third-order valence-electron chi connectivity index (χ3n) is 3.29. The standard InChI is InChI=1S/C14H17N3O/c1-17-9-12(13(16-17)4-6-15)10-2-3-14-11(8-10)5-7-18-14/h2-3,8-9H,4-7,15H2,1H3. The van der Waals surface area contributed by atoms with E-state index in [2.05, 4.69) is 29.5 Å². The summed E-state index contributed by atoms with van der Waals surface area (Å²) < 4.78 is 7.38. The van der Waals surface area contributed by atoms with E-state index in [1.165, 1.54) is 16.7 Å². The van der Waals surface area contributed by atoms with Crippen molar-refractivity contribution in [2.75, 3.05) is 13.2 Å². The first-order chi connectivity index (χ1) is 8.78. The highest BCUT2D eigenvalue weighted by Crippen LogP contribution is 2.31. The van der Waals surface area contributed by atoms with Crippen molar-refractivity contribution in [3.63, 3.8) is 0 Å². The van der Waals surface area contributed by atoms with Crippen molar-refractivity contribution in [1.82, 2.24) is 9.78 Å². The number of ether oxygens (including phenoxy) is 1. The molecule has 3 rings (SSSR count). The lowest BCUT2D eigenvalue weighted by atomic mass is 10.0. The SMILES string of the molecule is Cn1cc(-c2ccc3c(c2)CCO3)c(CCN)n1. The fourth-order valence-corrected chi connectivity index (χ4v) is 2.45. The summed E-state index contributed by atoms with van der Waals surface area (Å²) in [5.74, 6) is 1.02. The van der Waals surface area contributed by atoms with E-state index in [0.29, 0.717) is 6.54 Å². The van der Waals surface area contributed by atoms with E-state index in [0.717, 1.165) is 30.9 Å². The molecule has 2 N–H and O–H groups in total. The van der Waals surface area contributed by atoms with Gasteiger partial charge in [0.25, 0.3) is 0 Å². The van der Waals surface area contributed by atoms with E-state index in [1.54, 1.807) is 0 Å². The van der Waals surface area contributed by atoms with Gasteiger partial charge in [0.15, 0.2) is 0 Å². The van der Waals surface area contributed by atoms with Crippen LogP contribution in [0.25, 0.3) is 11.1 Å². The number of nitrogens with two attached hydrogens (primary N) is 1. The largest absolute Gasteiger partial charge is 0.493 e. The minimum absolute atomic E-state index is 0.623. The van der Waals surface area contributed by atoms with E-state index in [9.17, 15) is 0 Å². The van der Waals surface area contributed by atoms with Gasteiger partial charge in [-0.05, 0) is 29.8 Å². The zero-order chi connectivity index (χ0) is 12.5. The van der Waals surface area contributed by atoms with Gasteiger partial charge in [0, 0.05) is 31.6 Å². The second kappa shape index (κ2) is 4.46. The normalized spacial score (nSPS) is 13.4.